The van der Waals surface area contributed by atoms with Gasteiger partial charge in [0, 0.05) is 5.02 Å². The van der Waals surface area contributed by atoms with E-state index in [0.717, 1.165) is 99.8 Å². The van der Waals surface area contributed by atoms with E-state index in [2.05, 4.69) is 65.8 Å². The topological polar surface area (TPSA) is 37.6 Å². The van der Waals surface area contributed by atoms with Gasteiger partial charge >= 0.3 is 16.8 Å². The molecule has 0 fully saturated rings. The first-order valence-corrected chi connectivity index (χ1v) is 16.4. The Morgan fingerprint density at radius 2 is 0.818 bits per heavy atom. The molecule has 2 aromatic carbocycles. The summed E-state index contributed by atoms with van der Waals surface area (Å²) in [5.74, 6) is 0. The van der Waals surface area contributed by atoms with E-state index in [1.54, 1.807) is 0 Å². The molecule has 1 heterocycles. The predicted octanol–water partition coefficient (Wildman–Crippen LogP) is 4.96. The van der Waals surface area contributed by atoms with Gasteiger partial charge in [-0.1, -0.05) is 116 Å². The largest absolute Gasteiger partial charge is 2.00 e. The minimum Gasteiger partial charge on any atom is -1.00 e. The summed E-state index contributed by atoms with van der Waals surface area (Å²) in [5, 5.41) is 0.643. The number of aryl methyl sites for hydroxylation is 6. The van der Waals surface area contributed by atoms with E-state index in [1.165, 1.54) is 33.4 Å². The zero-order chi connectivity index (χ0) is 29.6. The smallest absolute Gasteiger partial charge is 1.00 e. The Balaban J connectivity index is 0.00000616. The molecule has 1 aromatic heterocycles. The molecule has 0 unspecified atom stereocenters. The monoisotopic (exact) mass is 700 g/mol. The van der Waals surface area contributed by atoms with Gasteiger partial charge in [0.05, 0.1) is 35.2 Å². The van der Waals surface area contributed by atoms with E-state index in [1.807, 2.05) is 24.6 Å². The number of pyridine rings is 1. The fraction of sp³-hybridized carbons (Fsp3) is 0.486. The number of aromatic nitrogens is 1. The molecule has 3 rings (SSSR count). The minimum absolute atomic E-state index is 0. The molecule has 1 radical (unpaired) electrons. The van der Waals surface area contributed by atoms with Crippen molar-refractivity contribution in [2.24, 2.45) is 9.98 Å². The van der Waals surface area contributed by atoms with Gasteiger partial charge in [0.1, 0.15) is 0 Å². The molecule has 0 saturated carbocycles. The van der Waals surface area contributed by atoms with E-state index >= 15 is 0 Å². The van der Waals surface area contributed by atoms with E-state index in [9.17, 15) is 0 Å². The Morgan fingerprint density at radius 3 is 1.09 bits per heavy atom. The van der Waals surface area contributed by atoms with Gasteiger partial charge in [-0.3, -0.25) is 9.98 Å². The van der Waals surface area contributed by atoms with E-state index in [-0.39, 0.29) is 41.6 Å². The van der Waals surface area contributed by atoms with Crippen LogP contribution in [0.15, 0.2) is 46.4 Å². The van der Waals surface area contributed by atoms with Crippen molar-refractivity contribution in [1.29, 1.82) is 0 Å². The maximum Gasteiger partial charge on any atom is 2.00 e. The molecule has 0 aliphatic heterocycles. The van der Waals surface area contributed by atoms with Crippen molar-refractivity contribution in [3.8, 4) is 0 Å². The Kier molecular flexibility index (Phi) is 21.9. The van der Waals surface area contributed by atoms with E-state index < -0.39 is 0 Å². The third kappa shape index (κ3) is 12.6. The van der Waals surface area contributed by atoms with Crippen LogP contribution in [0.1, 0.15) is 125 Å². The van der Waals surface area contributed by atoms with Gasteiger partial charge < -0.3 is 24.8 Å². The third-order valence-corrected chi connectivity index (χ3v) is 7.51. The summed E-state index contributed by atoms with van der Waals surface area (Å²) in [6.45, 7) is 13.4. The van der Waals surface area contributed by atoms with Crippen molar-refractivity contribution in [1.82, 2.24) is 4.98 Å². The average molecular weight is 702 g/mol. The van der Waals surface area contributed by atoms with Gasteiger partial charge in [0.15, 0.2) is 0 Å². The Morgan fingerprint density at radius 1 is 0.523 bits per heavy atom. The summed E-state index contributed by atoms with van der Waals surface area (Å²) in [6.07, 6.45) is 16.8. The molecule has 3 nitrogen and oxygen atoms in total. The van der Waals surface area contributed by atoms with Crippen LogP contribution in [-0.2, 0) is 55.3 Å². The molecule has 0 saturated heterocycles. The minimum atomic E-state index is 0. The maximum atomic E-state index is 6.59. The van der Waals surface area contributed by atoms with Crippen LogP contribution >= 0.6 is 11.6 Å². The van der Waals surface area contributed by atoms with Gasteiger partial charge in [-0.25, -0.2) is 4.98 Å². The maximum absolute atomic E-state index is 6.59. The number of halogens is 3. The summed E-state index contributed by atoms with van der Waals surface area (Å²) >= 11 is 6.59. The van der Waals surface area contributed by atoms with E-state index in [4.69, 9.17) is 26.6 Å². The summed E-state index contributed by atoms with van der Waals surface area (Å²) < 4.78 is 0. The van der Waals surface area contributed by atoms with Gasteiger partial charge in [-0.2, -0.15) is 0 Å². The van der Waals surface area contributed by atoms with Crippen LogP contribution in [0.25, 0.3) is 0 Å². The Labute approximate surface area is 295 Å². The standard InChI is InChI=1S/C37H50ClN3.2ClH.Co/c1-7-13-27-19-29(15-9-3)36(30(20-27)16-10-4)39-25-34-23-33(38)24-35(41-34)26-40-37-31(17-11-5)21-28(14-8-2)22-32(37)18-12-6;;;/h19-26H,7-18H2,1-6H3;2*1H;/q;;;+2/p-2. The van der Waals surface area contributed by atoms with Crippen LogP contribution in [0, 0.1) is 0 Å². The van der Waals surface area contributed by atoms with Crippen LogP contribution in [0.5, 0.6) is 0 Å². The summed E-state index contributed by atoms with van der Waals surface area (Å²) in [5.41, 5.74) is 11.9. The van der Waals surface area contributed by atoms with Crippen molar-refractivity contribution in [2.45, 2.75) is 119 Å². The fourth-order valence-corrected chi connectivity index (χ4v) is 5.86. The summed E-state index contributed by atoms with van der Waals surface area (Å²) in [4.78, 5) is 14.9. The number of rotatable bonds is 16. The van der Waals surface area contributed by atoms with Crippen molar-refractivity contribution in [2.75, 3.05) is 0 Å². The zero-order valence-electron chi connectivity index (χ0n) is 27.4. The summed E-state index contributed by atoms with van der Waals surface area (Å²) in [6, 6.07) is 13.2. The van der Waals surface area contributed by atoms with Crippen LogP contribution in [0.4, 0.5) is 11.4 Å². The molecule has 243 valence electrons. The third-order valence-electron chi connectivity index (χ3n) is 7.29. The number of hydrogen-bond acceptors (Lipinski definition) is 3. The first-order valence-electron chi connectivity index (χ1n) is 16.0. The normalized spacial score (nSPS) is 11.0. The SMILES string of the molecule is CCCc1cc(CCC)c(N=Cc2cc(Cl)cc(C=Nc3c(CCC)cc(CCC)cc3CCC)n2)c(CCC)c1.[Cl-].[Cl-].[Co+2]. The van der Waals surface area contributed by atoms with Crippen molar-refractivity contribution in [3.05, 3.63) is 86.2 Å². The number of nitrogens with zero attached hydrogens (tertiary/aromatic N) is 3. The molecule has 0 amide bonds. The Hall–Kier alpha value is -1.69. The predicted molar refractivity (Wildman–Crippen MR) is 181 cm³/mol. The van der Waals surface area contributed by atoms with Crippen LogP contribution < -0.4 is 24.8 Å². The molecule has 0 spiro atoms. The molecule has 0 bridgehead atoms. The molecule has 0 aliphatic rings. The van der Waals surface area contributed by atoms with Crippen LogP contribution in [0.2, 0.25) is 5.02 Å². The fourth-order valence-electron chi connectivity index (χ4n) is 5.63. The molecular formula is C37H50Cl3CoN3. The second-order valence-corrected chi connectivity index (χ2v) is 11.6. The zero-order valence-corrected chi connectivity index (χ0v) is 30.7. The molecule has 44 heavy (non-hydrogen) atoms. The van der Waals surface area contributed by atoms with Crippen molar-refractivity contribution >= 4 is 35.4 Å². The Bertz CT molecular complexity index is 1190. The summed E-state index contributed by atoms with van der Waals surface area (Å²) in [7, 11) is 0. The van der Waals surface area contributed by atoms with Gasteiger partial charge in [-0.15, -0.1) is 0 Å². The van der Waals surface area contributed by atoms with Gasteiger partial charge in [-0.05, 0) is 84.0 Å². The van der Waals surface area contributed by atoms with Crippen LogP contribution in [-0.4, -0.2) is 17.4 Å². The van der Waals surface area contributed by atoms with Gasteiger partial charge in [0.25, 0.3) is 0 Å². The first-order chi connectivity index (χ1) is 20.0. The van der Waals surface area contributed by atoms with Crippen LogP contribution in [0.3, 0.4) is 0 Å². The molecule has 7 heteroatoms. The van der Waals surface area contributed by atoms with Crippen molar-refractivity contribution in [3.63, 3.8) is 0 Å². The quantitative estimate of drug-likeness (QED) is 0.195. The first kappa shape index (κ1) is 42.3. The number of benzene rings is 2. The molecule has 0 atom stereocenters. The average Bonchev–Trinajstić information content (AvgIpc) is 2.93. The second-order valence-electron chi connectivity index (χ2n) is 11.2. The number of aliphatic imine (C=N–C) groups is 2. The molecule has 0 aliphatic carbocycles. The number of hydrogen-bond donors (Lipinski definition) is 0. The van der Waals surface area contributed by atoms with Gasteiger partial charge in [0.2, 0.25) is 0 Å². The molecule has 3 aromatic rings. The molecule has 0 N–H and O–H groups in total. The molecular weight excluding hydrogens is 652 g/mol. The van der Waals surface area contributed by atoms with E-state index in [0.29, 0.717) is 5.02 Å². The second kappa shape index (κ2) is 22.8. The van der Waals surface area contributed by atoms with Crippen molar-refractivity contribution < 1.29 is 41.6 Å².